The molecule has 0 bridgehead atoms. The number of rotatable bonds is 3. The Bertz CT molecular complexity index is 781. The van der Waals surface area contributed by atoms with Gasteiger partial charge in [-0.15, -0.1) is 10.2 Å². The Morgan fingerprint density at radius 2 is 1.92 bits per heavy atom. The molecule has 7 nitrogen and oxygen atoms in total. The van der Waals surface area contributed by atoms with E-state index in [2.05, 4.69) is 52.0 Å². The third-order valence-electron chi connectivity index (χ3n) is 5.34. The van der Waals surface area contributed by atoms with Crippen LogP contribution in [-0.2, 0) is 29.5 Å². The van der Waals surface area contributed by atoms with E-state index in [1.165, 1.54) is 0 Å². The van der Waals surface area contributed by atoms with E-state index in [4.69, 9.17) is 10.5 Å². The molecule has 24 heavy (non-hydrogen) atoms. The van der Waals surface area contributed by atoms with Gasteiger partial charge in [0, 0.05) is 19.0 Å². The second-order valence-electron chi connectivity index (χ2n) is 8.15. The number of nitrogens with two attached hydrogens (primary N) is 1. The van der Waals surface area contributed by atoms with E-state index in [1.54, 1.807) is 0 Å². The Morgan fingerprint density at radius 1 is 1.21 bits per heavy atom. The monoisotopic (exact) mass is 330 g/mol. The second-order valence-corrected chi connectivity index (χ2v) is 8.15. The average Bonchev–Trinajstić information content (AvgIpc) is 3.05. The molecule has 2 aliphatic rings. The van der Waals surface area contributed by atoms with Crippen LogP contribution in [0.5, 0.6) is 0 Å². The molecule has 1 saturated carbocycles. The number of hydrogen-bond donors (Lipinski definition) is 1. The van der Waals surface area contributed by atoms with Crippen molar-refractivity contribution in [3.05, 3.63) is 29.4 Å². The Hall–Kier alpha value is -1.73. The number of nitrogens with zero attached hydrogens (tertiary/aromatic N) is 5. The van der Waals surface area contributed by atoms with Gasteiger partial charge in [-0.1, -0.05) is 0 Å². The molecule has 2 N–H and O–H groups in total. The highest BCUT2D eigenvalue weighted by atomic mass is 16.5. The molecule has 2 aromatic heterocycles. The summed E-state index contributed by atoms with van der Waals surface area (Å²) < 4.78 is 10.4. The molecule has 1 aliphatic heterocycles. The summed E-state index contributed by atoms with van der Waals surface area (Å²) in [6.45, 7) is 8.97. The van der Waals surface area contributed by atoms with Crippen molar-refractivity contribution in [2.45, 2.75) is 70.2 Å². The van der Waals surface area contributed by atoms with Gasteiger partial charge in [-0.3, -0.25) is 0 Å². The van der Waals surface area contributed by atoms with Gasteiger partial charge in [0.1, 0.15) is 17.0 Å². The van der Waals surface area contributed by atoms with E-state index >= 15 is 0 Å². The van der Waals surface area contributed by atoms with Crippen molar-refractivity contribution in [3.8, 4) is 0 Å². The largest absolute Gasteiger partial charge is 0.357 e. The van der Waals surface area contributed by atoms with Crippen molar-refractivity contribution >= 4 is 0 Å². The topological polar surface area (TPSA) is 83.8 Å². The lowest BCUT2D eigenvalue weighted by Gasteiger charge is -2.31. The summed E-state index contributed by atoms with van der Waals surface area (Å²) in [4.78, 5) is 4.61. The molecular weight excluding hydrogens is 304 g/mol. The Labute approximate surface area is 142 Å². The predicted molar refractivity (Wildman–Crippen MR) is 89.4 cm³/mol. The van der Waals surface area contributed by atoms with E-state index in [-0.39, 0.29) is 11.2 Å². The van der Waals surface area contributed by atoms with Gasteiger partial charge in [0.25, 0.3) is 0 Å². The molecule has 130 valence electrons. The third-order valence-corrected chi connectivity index (χ3v) is 5.34. The second kappa shape index (κ2) is 4.89. The lowest BCUT2D eigenvalue weighted by molar-refractivity contribution is -0.109. The van der Waals surface area contributed by atoms with E-state index in [0.717, 1.165) is 35.9 Å². The van der Waals surface area contributed by atoms with Crippen LogP contribution >= 0.6 is 0 Å². The molecule has 0 radical (unpaired) electrons. The summed E-state index contributed by atoms with van der Waals surface area (Å²) in [6.07, 6.45) is 3.90. The minimum absolute atomic E-state index is 0.312. The minimum atomic E-state index is -0.364. The zero-order valence-electron chi connectivity index (χ0n) is 15.1. The predicted octanol–water partition coefficient (Wildman–Crippen LogP) is 1.76. The number of fused-ring (bicyclic) bond motifs is 1. The Kier molecular flexibility index (Phi) is 3.22. The first-order chi connectivity index (χ1) is 11.2. The van der Waals surface area contributed by atoms with Crippen LogP contribution in [0.4, 0.5) is 0 Å². The van der Waals surface area contributed by atoms with Crippen LogP contribution in [0.1, 0.15) is 69.5 Å². The maximum absolute atomic E-state index is 6.20. The van der Waals surface area contributed by atoms with E-state index in [9.17, 15) is 0 Å². The maximum atomic E-state index is 6.20. The zero-order valence-corrected chi connectivity index (χ0v) is 15.1. The summed E-state index contributed by atoms with van der Waals surface area (Å²) in [5.74, 6) is 2.42. The summed E-state index contributed by atoms with van der Waals surface area (Å²) >= 11 is 0. The van der Waals surface area contributed by atoms with E-state index < -0.39 is 0 Å². The van der Waals surface area contributed by atoms with Gasteiger partial charge in [0.15, 0.2) is 5.82 Å². The first kappa shape index (κ1) is 15.8. The van der Waals surface area contributed by atoms with Gasteiger partial charge < -0.3 is 19.6 Å². The van der Waals surface area contributed by atoms with Crippen molar-refractivity contribution < 1.29 is 4.74 Å². The van der Waals surface area contributed by atoms with Gasteiger partial charge in [-0.25, -0.2) is 4.98 Å². The summed E-state index contributed by atoms with van der Waals surface area (Å²) in [5.41, 5.74) is 7.32. The Balaban J connectivity index is 1.64. The summed E-state index contributed by atoms with van der Waals surface area (Å²) in [5, 5.41) is 8.81. The normalized spacial score (nSPS) is 27.1. The molecule has 0 spiro atoms. The SMILES string of the molecule is Cn1c(Cn2cnc3c2C(C)(C)OC3(C)C)nnc1C1CC(N)C1. The van der Waals surface area contributed by atoms with Crippen molar-refractivity contribution in [2.24, 2.45) is 12.8 Å². The van der Waals surface area contributed by atoms with Crippen LogP contribution in [0.2, 0.25) is 0 Å². The van der Waals surface area contributed by atoms with Crippen LogP contribution < -0.4 is 5.73 Å². The van der Waals surface area contributed by atoms with Crippen LogP contribution in [0.15, 0.2) is 6.33 Å². The van der Waals surface area contributed by atoms with E-state index in [0.29, 0.717) is 18.5 Å². The van der Waals surface area contributed by atoms with Gasteiger partial charge in [0.2, 0.25) is 0 Å². The molecule has 0 amide bonds. The highest BCUT2D eigenvalue weighted by Crippen LogP contribution is 2.46. The molecule has 0 saturated heterocycles. The molecule has 0 aromatic carbocycles. The number of ether oxygens (including phenoxy) is 1. The van der Waals surface area contributed by atoms with Crippen LogP contribution in [0, 0.1) is 0 Å². The molecule has 0 unspecified atom stereocenters. The molecule has 7 heteroatoms. The van der Waals surface area contributed by atoms with Crippen LogP contribution in [0.3, 0.4) is 0 Å². The lowest BCUT2D eigenvalue weighted by Crippen LogP contribution is -2.36. The molecule has 4 rings (SSSR count). The minimum Gasteiger partial charge on any atom is -0.357 e. The van der Waals surface area contributed by atoms with E-state index in [1.807, 2.05) is 13.4 Å². The average molecular weight is 330 g/mol. The first-order valence-corrected chi connectivity index (χ1v) is 8.59. The third kappa shape index (κ3) is 2.22. The summed E-state index contributed by atoms with van der Waals surface area (Å²) in [6, 6.07) is 0.312. The number of hydrogen-bond acceptors (Lipinski definition) is 5. The van der Waals surface area contributed by atoms with Crippen molar-refractivity contribution in [2.75, 3.05) is 0 Å². The Morgan fingerprint density at radius 3 is 2.58 bits per heavy atom. The molecule has 1 aliphatic carbocycles. The van der Waals surface area contributed by atoms with Gasteiger partial charge in [0.05, 0.1) is 24.3 Å². The van der Waals surface area contributed by atoms with Crippen LogP contribution in [0.25, 0.3) is 0 Å². The van der Waals surface area contributed by atoms with Gasteiger partial charge in [-0.2, -0.15) is 0 Å². The first-order valence-electron chi connectivity index (χ1n) is 8.59. The standard InChI is InChI=1S/C17H26N6O/c1-16(2)13-14(17(3,4)24-16)23(9-19-13)8-12-20-21-15(22(12)5)10-6-11(18)7-10/h9-11H,6-8,18H2,1-5H3. The highest BCUT2D eigenvalue weighted by molar-refractivity contribution is 5.30. The fourth-order valence-corrected chi connectivity index (χ4v) is 4.20. The molecule has 3 heterocycles. The zero-order chi connectivity index (χ0) is 17.3. The maximum Gasteiger partial charge on any atom is 0.152 e. The lowest BCUT2D eigenvalue weighted by atomic mass is 9.80. The fraction of sp³-hybridized carbons (Fsp3) is 0.706. The molecule has 2 aromatic rings. The molecule has 0 atom stereocenters. The molecular formula is C17H26N6O. The smallest absolute Gasteiger partial charge is 0.152 e. The number of imidazole rings is 1. The number of aromatic nitrogens is 5. The quantitative estimate of drug-likeness (QED) is 0.927. The van der Waals surface area contributed by atoms with Gasteiger partial charge >= 0.3 is 0 Å². The fourth-order valence-electron chi connectivity index (χ4n) is 4.20. The van der Waals surface area contributed by atoms with Crippen molar-refractivity contribution in [3.63, 3.8) is 0 Å². The van der Waals surface area contributed by atoms with Crippen molar-refractivity contribution in [1.29, 1.82) is 0 Å². The van der Waals surface area contributed by atoms with Crippen molar-refractivity contribution in [1.82, 2.24) is 24.3 Å². The highest BCUT2D eigenvalue weighted by Gasteiger charge is 2.47. The van der Waals surface area contributed by atoms with Gasteiger partial charge in [-0.05, 0) is 40.5 Å². The summed E-state index contributed by atoms with van der Waals surface area (Å²) in [7, 11) is 2.04. The van der Waals surface area contributed by atoms with Crippen LogP contribution in [-0.4, -0.2) is 30.4 Å². The molecule has 1 fully saturated rings.